The lowest BCUT2D eigenvalue weighted by atomic mass is 9.99. The molecule has 1 N–H and O–H groups in total. The number of fused-ring (bicyclic) bond motifs is 1. The Morgan fingerprint density at radius 3 is 2.55 bits per heavy atom. The lowest BCUT2D eigenvalue weighted by molar-refractivity contribution is 0.345. The summed E-state index contributed by atoms with van der Waals surface area (Å²) in [6, 6.07) is 4.19. The van der Waals surface area contributed by atoms with Crippen molar-refractivity contribution in [2.24, 2.45) is 10.9 Å². The standard InChI is InChI=1S/C22H34N6O2.HI/c1-6-21-26-25-15-28(21)10-8-23-22(24-13-16(2)3)27-9-7-17-11-19(29-4)20(30-5)12-18(17)14-27;/h11-12,15-16H,6-10,13-14H2,1-5H3,(H,23,24);1H. The maximum absolute atomic E-state index is 5.50. The van der Waals surface area contributed by atoms with Crippen molar-refractivity contribution in [3.05, 3.63) is 35.4 Å². The number of benzene rings is 1. The van der Waals surface area contributed by atoms with E-state index in [0.29, 0.717) is 5.92 Å². The van der Waals surface area contributed by atoms with Gasteiger partial charge in [-0.05, 0) is 35.6 Å². The van der Waals surface area contributed by atoms with E-state index in [2.05, 4.69) is 57.9 Å². The Morgan fingerprint density at radius 1 is 1.19 bits per heavy atom. The number of guanidine groups is 1. The average molecular weight is 542 g/mol. The van der Waals surface area contributed by atoms with E-state index < -0.39 is 0 Å². The minimum atomic E-state index is 0. The van der Waals surface area contributed by atoms with Gasteiger partial charge in [-0.15, -0.1) is 34.2 Å². The molecule has 0 fully saturated rings. The number of ether oxygens (including phenoxy) is 2. The molecule has 0 aliphatic carbocycles. The summed E-state index contributed by atoms with van der Waals surface area (Å²) in [6.07, 6.45) is 3.62. The van der Waals surface area contributed by atoms with Crippen LogP contribution in [0, 0.1) is 5.92 Å². The molecule has 0 saturated carbocycles. The first-order valence-electron chi connectivity index (χ1n) is 10.7. The lowest BCUT2D eigenvalue weighted by Gasteiger charge is -2.32. The van der Waals surface area contributed by atoms with Crippen molar-refractivity contribution < 1.29 is 9.47 Å². The number of nitrogens with one attached hydrogen (secondary N) is 1. The summed E-state index contributed by atoms with van der Waals surface area (Å²) in [5.74, 6) is 4.03. The van der Waals surface area contributed by atoms with E-state index >= 15 is 0 Å². The molecule has 1 aliphatic heterocycles. The number of aryl methyl sites for hydroxylation is 1. The van der Waals surface area contributed by atoms with Crippen LogP contribution in [0.2, 0.25) is 0 Å². The number of nitrogens with zero attached hydrogens (tertiary/aromatic N) is 5. The molecule has 1 aromatic heterocycles. The molecule has 0 unspecified atom stereocenters. The molecule has 3 rings (SSSR count). The molecular formula is C22H35IN6O2. The summed E-state index contributed by atoms with van der Waals surface area (Å²) in [5, 5.41) is 11.7. The van der Waals surface area contributed by atoms with Gasteiger partial charge < -0.3 is 24.3 Å². The van der Waals surface area contributed by atoms with Gasteiger partial charge in [0.05, 0.1) is 14.2 Å². The number of aromatic nitrogens is 3. The fraction of sp³-hybridized carbons (Fsp3) is 0.591. The second kappa shape index (κ2) is 12.1. The highest BCUT2D eigenvalue weighted by Gasteiger charge is 2.22. The van der Waals surface area contributed by atoms with Crippen molar-refractivity contribution in [2.75, 3.05) is 33.9 Å². The molecule has 0 atom stereocenters. The maximum Gasteiger partial charge on any atom is 0.194 e. The second-order valence-corrected chi connectivity index (χ2v) is 7.93. The fourth-order valence-electron chi connectivity index (χ4n) is 3.63. The molecular weight excluding hydrogens is 507 g/mol. The van der Waals surface area contributed by atoms with E-state index in [-0.39, 0.29) is 24.0 Å². The van der Waals surface area contributed by atoms with Crippen LogP contribution < -0.4 is 14.8 Å². The molecule has 2 heterocycles. The third-order valence-electron chi connectivity index (χ3n) is 5.27. The van der Waals surface area contributed by atoms with E-state index in [4.69, 9.17) is 14.5 Å². The van der Waals surface area contributed by atoms with Gasteiger partial charge in [-0.3, -0.25) is 4.99 Å². The van der Waals surface area contributed by atoms with Crippen molar-refractivity contribution in [1.29, 1.82) is 0 Å². The van der Waals surface area contributed by atoms with Crippen LogP contribution in [-0.2, 0) is 25.9 Å². The van der Waals surface area contributed by atoms with Crippen LogP contribution in [0.4, 0.5) is 0 Å². The van der Waals surface area contributed by atoms with Crippen molar-refractivity contribution >= 4 is 29.9 Å². The van der Waals surface area contributed by atoms with Gasteiger partial charge in [0, 0.05) is 39.1 Å². The van der Waals surface area contributed by atoms with Gasteiger partial charge in [0.15, 0.2) is 17.5 Å². The van der Waals surface area contributed by atoms with Crippen molar-refractivity contribution in [2.45, 2.75) is 46.7 Å². The van der Waals surface area contributed by atoms with Gasteiger partial charge in [-0.25, -0.2) is 0 Å². The van der Waals surface area contributed by atoms with Gasteiger partial charge in [0.2, 0.25) is 0 Å². The Bertz CT molecular complexity index is 868. The van der Waals surface area contributed by atoms with E-state index in [1.807, 2.05) is 0 Å². The molecule has 1 aromatic carbocycles. The molecule has 0 bridgehead atoms. The van der Waals surface area contributed by atoms with Gasteiger partial charge in [0.1, 0.15) is 12.2 Å². The minimum absolute atomic E-state index is 0. The zero-order chi connectivity index (χ0) is 21.5. The van der Waals surface area contributed by atoms with Crippen molar-refractivity contribution in [1.82, 2.24) is 25.0 Å². The van der Waals surface area contributed by atoms with Crippen LogP contribution in [0.3, 0.4) is 0 Å². The molecule has 1 aliphatic rings. The van der Waals surface area contributed by atoms with E-state index in [9.17, 15) is 0 Å². The molecule has 2 aromatic rings. The second-order valence-electron chi connectivity index (χ2n) is 7.93. The third-order valence-corrected chi connectivity index (χ3v) is 5.27. The summed E-state index contributed by atoms with van der Waals surface area (Å²) in [6.45, 7) is 10.6. The molecule has 0 spiro atoms. The minimum Gasteiger partial charge on any atom is -0.493 e. The lowest BCUT2D eigenvalue weighted by Crippen LogP contribution is -2.45. The normalized spacial score (nSPS) is 13.6. The van der Waals surface area contributed by atoms with Crippen LogP contribution in [0.1, 0.15) is 37.7 Å². The Morgan fingerprint density at radius 2 is 1.90 bits per heavy atom. The van der Waals surface area contributed by atoms with Gasteiger partial charge >= 0.3 is 0 Å². The predicted molar refractivity (Wildman–Crippen MR) is 134 cm³/mol. The first-order valence-corrected chi connectivity index (χ1v) is 10.7. The van der Waals surface area contributed by atoms with E-state index in [1.54, 1.807) is 20.5 Å². The first kappa shape index (κ1) is 25.2. The molecule has 172 valence electrons. The predicted octanol–water partition coefficient (Wildman–Crippen LogP) is 3.14. The number of halogens is 1. The molecule has 9 heteroatoms. The van der Waals surface area contributed by atoms with E-state index in [1.165, 1.54) is 11.1 Å². The summed E-state index contributed by atoms with van der Waals surface area (Å²) in [5.41, 5.74) is 2.56. The smallest absolute Gasteiger partial charge is 0.194 e. The third kappa shape index (κ3) is 6.47. The molecule has 0 saturated heterocycles. The highest BCUT2D eigenvalue weighted by atomic mass is 127. The largest absolute Gasteiger partial charge is 0.493 e. The summed E-state index contributed by atoms with van der Waals surface area (Å²) < 4.78 is 13.1. The SMILES string of the molecule is CCc1nncn1CCNC(=NCC(C)C)N1CCc2cc(OC)c(OC)cc2C1.I. The van der Waals surface area contributed by atoms with Crippen LogP contribution in [-0.4, -0.2) is 59.5 Å². The quantitative estimate of drug-likeness (QED) is 0.314. The van der Waals surface area contributed by atoms with Gasteiger partial charge in [0.25, 0.3) is 0 Å². The van der Waals surface area contributed by atoms with E-state index in [0.717, 1.165) is 68.8 Å². The number of aliphatic imine (C=N–C) groups is 1. The average Bonchev–Trinajstić information content (AvgIpc) is 3.22. The number of methoxy groups -OCH3 is 2. The molecule has 0 amide bonds. The summed E-state index contributed by atoms with van der Waals surface area (Å²) >= 11 is 0. The topological polar surface area (TPSA) is 76.8 Å². The molecule has 0 radical (unpaired) electrons. The maximum atomic E-state index is 5.50. The number of rotatable bonds is 8. The van der Waals surface area contributed by atoms with Crippen molar-refractivity contribution in [3.8, 4) is 11.5 Å². The van der Waals surface area contributed by atoms with Crippen LogP contribution >= 0.6 is 24.0 Å². The Balaban J connectivity index is 0.00000341. The summed E-state index contributed by atoms with van der Waals surface area (Å²) in [7, 11) is 3.36. The number of hydrogen-bond donors (Lipinski definition) is 1. The zero-order valence-electron chi connectivity index (χ0n) is 19.2. The first-order chi connectivity index (χ1) is 14.5. The summed E-state index contributed by atoms with van der Waals surface area (Å²) in [4.78, 5) is 7.22. The Kier molecular flexibility index (Phi) is 9.86. The molecule has 31 heavy (non-hydrogen) atoms. The monoisotopic (exact) mass is 542 g/mol. The highest BCUT2D eigenvalue weighted by molar-refractivity contribution is 14.0. The fourth-order valence-corrected chi connectivity index (χ4v) is 3.63. The molecule has 8 nitrogen and oxygen atoms in total. The van der Waals surface area contributed by atoms with Crippen LogP contribution in [0.5, 0.6) is 11.5 Å². The zero-order valence-corrected chi connectivity index (χ0v) is 21.6. The Hall–Kier alpha value is -2.04. The van der Waals surface area contributed by atoms with Crippen molar-refractivity contribution in [3.63, 3.8) is 0 Å². The number of hydrogen-bond acceptors (Lipinski definition) is 5. The van der Waals surface area contributed by atoms with Gasteiger partial charge in [-0.2, -0.15) is 0 Å². The highest BCUT2D eigenvalue weighted by Crippen LogP contribution is 2.33. The van der Waals surface area contributed by atoms with Crippen LogP contribution in [0.15, 0.2) is 23.5 Å². The van der Waals surface area contributed by atoms with Gasteiger partial charge in [-0.1, -0.05) is 20.8 Å². The van der Waals surface area contributed by atoms with Crippen LogP contribution in [0.25, 0.3) is 0 Å². The Labute approximate surface area is 202 Å².